The molecule has 0 fully saturated rings. The smallest absolute Gasteiger partial charge is 0.326 e. The normalized spacial score (nSPS) is 14.6. The first-order valence-corrected chi connectivity index (χ1v) is 11.0. The number of carbonyl (C=O) groups is 5. The minimum atomic E-state index is -1.42. The first-order valence-electron chi connectivity index (χ1n) is 11.0. The van der Waals surface area contributed by atoms with Gasteiger partial charge in [0.2, 0.25) is 23.6 Å². The Morgan fingerprint density at radius 1 is 0.824 bits per heavy atom. The summed E-state index contributed by atoms with van der Waals surface area (Å²) in [6, 6.07) is 4.53. The molecular weight excluding hydrogens is 442 g/mol. The number of benzene rings is 1. The van der Waals surface area contributed by atoms with Gasteiger partial charge in [0.05, 0.1) is 12.5 Å². The van der Waals surface area contributed by atoms with Crippen molar-refractivity contribution >= 4 is 29.6 Å². The molecule has 11 nitrogen and oxygen atoms in total. The van der Waals surface area contributed by atoms with Crippen molar-refractivity contribution in [1.82, 2.24) is 16.0 Å². The maximum Gasteiger partial charge on any atom is 0.326 e. The van der Waals surface area contributed by atoms with Crippen LogP contribution in [-0.2, 0) is 30.4 Å². The minimum absolute atomic E-state index is 0.262. The Morgan fingerprint density at radius 3 is 1.82 bits per heavy atom. The highest BCUT2D eigenvalue weighted by molar-refractivity contribution is 5.96. The largest absolute Gasteiger partial charge is 0.480 e. The fourth-order valence-corrected chi connectivity index (χ4v) is 3.20. The molecule has 4 amide bonds. The van der Waals surface area contributed by atoms with Crippen LogP contribution in [0, 0.1) is 11.8 Å². The van der Waals surface area contributed by atoms with Gasteiger partial charge >= 0.3 is 5.97 Å². The summed E-state index contributed by atoms with van der Waals surface area (Å²) in [5, 5.41) is 16.6. The maximum absolute atomic E-state index is 12.9. The number of nitrogens with one attached hydrogen (secondary N) is 3. The molecule has 4 atom stereocenters. The second-order valence-corrected chi connectivity index (χ2v) is 8.83. The molecule has 34 heavy (non-hydrogen) atoms. The zero-order chi connectivity index (χ0) is 26.0. The fraction of sp³-hybridized carbons (Fsp3) is 0.522. The Balaban J connectivity index is 2.93. The van der Waals surface area contributed by atoms with E-state index in [4.69, 9.17) is 11.5 Å². The Kier molecular flexibility index (Phi) is 11.2. The van der Waals surface area contributed by atoms with E-state index in [1.165, 1.54) is 0 Å². The van der Waals surface area contributed by atoms with Crippen LogP contribution in [0.2, 0.25) is 0 Å². The number of primary amides is 1. The molecule has 4 unspecified atom stereocenters. The standard InChI is InChI=1S/C23H35N5O6/c1-12(2)18(27-20(30)15(24)10-14-8-6-5-7-9-14)22(32)26-16(11-17(25)29)21(31)28-19(13(3)4)23(33)34/h5-9,12-13,15-16,18-19H,10-11,24H2,1-4H3,(H2,25,29)(H,26,32)(H,27,30)(H,28,31)(H,33,34). The second kappa shape index (κ2) is 13.3. The SMILES string of the molecule is CC(C)C(NC(=O)C(CC(N)=O)NC(=O)C(NC(=O)C(N)Cc1ccccc1)C(C)C)C(=O)O. The van der Waals surface area contributed by atoms with Crippen molar-refractivity contribution in [3.8, 4) is 0 Å². The monoisotopic (exact) mass is 477 g/mol. The lowest BCUT2D eigenvalue weighted by atomic mass is 10.00. The Labute approximate surface area is 199 Å². The molecule has 0 aliphatic carbocycles. The number of nitrogens with two attached hydrogens (primary N) is 2. The summed E-state index contributed by atoms with van der Waals surface area (Å²) in [6.45, 7) is 6.58. The lowest BCUT2D eigenvalue weighted by Gasteiger charge is -2.27. The van der Waals surface area contributed by atoms with Crippen LogP contribution in [-0.4, -0.2) is 58.9 Å². The molecule has 0 saturated carbocycles. The number of carboxylic acids is 1. The molecule has 0 aliphatic heterocycles. The average molecular weight is 478 g/mol. The number of carboxylic acid groups (broad SMARTS) is 1. The molecule has 188 valence electrons. The van der Waals surface area contributed by atoms with Gasteiger partial charge in [-0.3, -0.25) is 19.2 Å². The first-order chi connectivity index (χ1) is 15.8. The van der Waals surface area contributed by atoms with Gasteiger partial charge in [-0.25, -0.2) is 4.79 Å². The second-order valence-electron chi connectivity index (χ2n) is 8.83. The average Bonchev–Trinajstić information content (AvgIpc) is 2.74. The van der Waals surface area contributed by atoms with Gasteiger partial charge in [0.25, 0.3) is 0 Å². The quantitative estimate of drug-likeness (QED) is 0.216. The van der Waals surface area contributed by atoms with Crippen LogP contribution in [0.5, 0.6) is 0 Å². The molecule has 0 aromatic heterocycles. The van der Waals surface area contributed by atoms with Gasteiger partial charge in [-0.1, -0.05) is 58.0 Å². The summed E-state index contributed by atoms with van der Waals surface area (Å²) in [7, 11) is 0. The molecule has 0 saturated heterocycles. The van der Waals surface area contributed by atoms with E-state index >= 15 is 0 Å². The van der Waals surface area contributed by atoms with E-state index in [1.54, 1.807) is 27.7 Å². The van der Waals surface area contributed by atoms with Gasteiger partial charge in [0.1, 0.15) is 18.1 Å². The molecular formula is C23H35N5O6. The van der Waals surface area contributed by atoms with E-state index in [2.05, 4.69) is 16.0 Å². The predicted octanol–water partition coefficient (Wildman–Crippen LogP) is -0.717. The van der Waals surface area contributed by atoms with E-state index in [9.17, 15) is 29.1 Å². The lowest BCUT2D eigenvalue weighted by Crippen LogP contribution is -2.59. The highest BCUT2D eigenvalue weighted by Gasteiger charge is 2.33. The third kappa shape index (κ3) is 9.18. The number of hydrogen-bond donors (Lipinski definition) is 6. The molecule has 8 N–H and O–H groups in total. The van der Waals surface area contributed by atoms with Crippen LogP contribution < -0.4 is 27.4 Å². The summed E-state index contributed by atoms with van der Waals surface area (Å²) < 4.78 is 0. The first kappa shape index (κ1) is 28.6. The van der Waals surface area contributed by atoms with E-state index in [0.717, 1.165) is 5.56 Å². The van der Waals surface area contributed by atoms with Crippen LogP contribution in [0.25, 0.3) is 0 Å². The summed E-state index contributed by atoms with van der Waals surface area (Å²) in [4.78, 5) is 61.1. The van der Waals surface area contributed by atoms with Gasteiger partial charge in [0, 0.05) is 0 Å². The molecule has 0 radical (unpaired) electrons. The molecule has 0 heterocycles. The van der Waals surface area contributed by atoms with Crippen molar-refractivity contribution in [3.63, 3.8) is 0 Å². The summed E-state index contributed by atoms with van der Waals surface area (Å²) in [5.41, 5.74) is 12.1. The third-order valence-electron chi connectivity index (χ3n) is 5.15. The van der Waals surface area contributed by atoms with Crippen molar-refractivity contribution in [2.24, 2.45) is 23.3 Å². The van der Waals surface area contributed by atoms with Crippen LogP contribution in [0.3, 0.4) is 0 Å². The summed E-state index contributed by atoms with van der Waals surface area (Å²) in [6.07, 6.45) is -0.286. The van der Waals surface area contributed by atoms with Gasteiger partial charge < -0.3 is 32.5 Å². The number of hydrogen-bond acceptors (Lipinski definition) is 6. The van der Waals surface area contributed by atoms with Gasteiger partial charge in [-0.15, -0.1) is 0 Å². The predicted molar refractivity (Wildman–Crippen MR) is 125 cm³/mol. The molecule has 0 aliphatic rings. The van der Waals surface area contributed by atoms with Crippen molar-refractivity contribution in [2.75, 3.05) is 0 Å². The van der Waals surface area contributed by atoms with E-state index in [-0.39, 0.29) is 12.3 Å². The lowest BCUT2D eigenvalue weighted by molar-refractivity contribution is -0.143. The van der Waals surface area contributed by atoms with E-state index < -0.39 is 66.1 Å². The fourth-order valence-electron chi connectivity index (χ4n) is 3.20. The highest BCUT2D eigenvalue weighted by Crippen LogP contribution is 2.08. The summed E-state index contributed by atoms with van der Waals surface area (Å²) >= 11 is 0. The van der Waals surface area contributed by atoms with E-state index in [1.807, 2.05) is 30.3 Å². The van der Waals surface area contributed by atoms with Crippen LogP contribution >= 0.6 is 0 Å². The van der Waals surface area contributed by atoms with Gasteiger partial charge in [-0.05, 0) is 23.8 Å². The zero-order valence-electron chi connectivity index (χ0n) is 19.9. The van der Waals surface area contributed by atoms with Crippen LogP contribution in [0.1, 0.15) is 39.7 Å². The topological polar surface area (TPSA) is 194 Å². The molecule has 1 aromatic carbocycles. The number of rotatable bonds is 13. The molecule has 0 bridgehead atoms. The van der Waals surface area contributed by atoms with Gasteiger partial charge in [0.15, 0.2) is 0 Å². The minimum Gasteiger partial charge on any atom is -0.480 e. The van der Waals surface area contributed by atoms with Crippen LogP contribution in [0.15, 0.2) is 30.3 Å². The molecule has 0 spiro atoms. The number of amides is 4. The third-order valence-corrected chi connectivity index (χ3v) is 5.15. The molecule has 1 aromatic rings. The number of carbonyl (C=O) groups excluding carboxylic acids is 4. The van der Waals surface area contributed by atoms with Crippen LogP contribution in [0.4, 0.5) is 0 Å². The van der Waals surface area contributed by atoms with Crippen molar-refractivity contribution in [3.05, 3.63) is 35.9 Å². The van der Waals surface area contributed by atoms with E-state index in [0.29, 0.717) is 0 Å². The Hall–Kier alpha value is -3.47. The Bertz CT molecular complexity index is 874. The van der Waals surface area contributed by atoms with Crippen molar-refractivity contribution in [2.45, 2.75) is 64.7 Å². The Morgan fingerprint density at radius 2 is 1.35 bits per heavy atom. The van der Waals surface area contributed by atoms with Crippen molar-refractivity contribution < 1.29 is 29.1 Å². The van der Waals surface area contributed by atoms with Gasteiger partial charge in [-0.2, -0.15) is 0 Å². The van der Waals surface area contributed by atoms with Crippen molar-refractivity contribution in [1.29, 1.82) is 0 Å². The zero-order valence-corrected chi connectivity index (χ0v) is 19.9. The highest BCUT2D eigenvalue weighted by atomic mass is 16.4. The molecule has 1 rings (SSSR count). The summed E-state index contributed by atoms with van der Waals surface area (Å²) in [5.74, 6) is -5.11. The number of aliphatic carboxylic acids is 1. The molecule has 11 heteroatoms. The maximum atomic E-state index is 12.9.